The normalized spacial score (nSPS) is 15.9. The molecular weight excluding hydrogens is 749 g/mol. The Balaban J connectivity index is 1.43. The molecule has 4 rings (SSSR count). The molecule has 262 valence electrons. The number of ether oxygens (including phenoxy) is 4. The molecule has 0 amide bonds. The molecule has 0 aromatic heterocycles. The van der Waals surface area contributed by atoms with Crippen LogP contribution in [0.4, 0.5) is 0 Å². The van der Waals surface area contributed by atoms with Crippen molar-refractivity contribution in [2.24, 2.45) is 23.7 Å². The Hall–Kier alpha value is -1.94. The van der Waals surface area contributed by atoms with Crippen LogP contribution in [0.3, 0.4) is 0 Å². The zero-order valence-corrected chi connectivity index (χ0v) is 31.0. The smallest absolute Gasteiger partial charge is 0.423 e. The summed E-state index contributed by atoms with van der Waals surface area (Å²) in [5.74, 6) is -3.97. The first-order valence-electron chi connectivity index (χ1n) is 15.9. The summed E-state index contributed by atoms with van der Waals surface area (Å²) in [6.07, 6.45) is 10.2. The van der Waals surface area contributed by atoms with Crippen molar-refractivity contribution in [1.82, 2.24) is 0 Å². The van der Waals surface area contributed by atoms with Gasteiger partial charge in [-0.3, -0.25) is 0 Å². The van der Waals surface area contributed by atoms with Crippen LogP contribution in [-0.4, -0.2) is 37.1 Å². The van der Waals surface area contributed by atoms with Gasteiger partial charge in [-0.05, 0) is 61.5 Å². The van der Waals surface area contributed by atoms with E-state index >= 15 is 0 Å². The van der Waals surface area contributed by atoms with Crippen molar-refractivity contribution in [3.05, 3.63) is 53.4 Å². The molecule has 2 saturated carbocycles. The summed E-state index contributed by atoms with van der Waals surface area (Å²) in [5.41, 5.74) is -0.906. The van der Waals surface area contributed by atoms with Gasteiger partial charge in [0, 0.05) is 0 Å². The second-order valence-corrected chi connectivity index (χ2v) is 14.8. The third-order valence-electron chi connectivity index (χ3n) is 9.20. The summed E-state index contributed by atoms with van der Waals surface area (Å²) in [6, 6.07) is 2.26. The quantitative estimate of drug-likeness (QED) is 0.0613. The molecule has 0 N–H and O–H groups in total. The Morgan fingerprint density at radius 3 is 1.29 bits per heavy atom. The van der Waals surface area contributed by atoms with Gasteiger partial charge in [0.05, 0.1) is 43.3 Å². The Morgan fingerprint density at radius 1 is 0.625 bits per heavy atom. The third kappa shape index (κ3) is 9.64. The van der Waals surface area contributed by atoms with Gasteiger partial charge in [-0.25, -0.2) is 19.2 Å². The Labute approximate surface area is 309 Å². The number of carbonyl (C=O) groups is 4. The fourth-order valence-electron chi connectivity index (χ4n) is 5.76. The van der Waals surface area contributed by atoms with E-state index in [0.717, 1.165) is 25.0 Å². The van der Waals surface area contributed by atoms with Gasteiger partial charge in [-0.1, -0.05) is 122 Å². The van der Waals surface area contributed by atoms with Crippen molar-refractivity contribution in [2.75, 3.05) is 13.2 Å². The average Bonchev–Trinajstić information content (AvgIpc) is 2.97. The van der Waals surface area contributed by atoms with E-state index < -0.39 is 46.5 Å². The highest BCUT2D eigenvalue weighted by Gasteiger charge is 2.32. The lowest BCUT2D eigenvalue weighted by atomic mass is 9.75. The fourth-order valence-corrected chi connectivity index (χ4v) is 7.20. The molecule has 2 aliphatic carbocycles. The van der Waals surface area contributed by atoms with Crippen molar-refractivity contribution >= 4 is 93.5 Å². The molecule has 14 heteroatoms. The highest BCUT2D eigenvalue weighted by atomic mass is 35.5. The minimum atomic E-state index is -1.63. The maximum atomic E-state index is 13.1. The van der Waals surface area contributed by atoms with E-state index in [2.05, 4.69) is 13.8 Å². The number of benzene rings is 2. The first-order valence-corrected chi connectivity index (χ1v) is 18.2. The van der Waals surface area contributed by atoms with Gasteiger partial charge >= 0.3 is 23.9 Å². The molecule has 8 nitrogen and oxygen atoms in total. The molecule has 0 radical (unpaired) electrons. The minimum absolute atomic E-state index is 0.0695. The van der Waals surface area contributed by atoms with Gasteiger partial charge < -0.3 is 18.9 Å². The number of esters is 4. The standard InChI is InChI=1S/C34H36Cl6O8/c1-17(19-9-3-10-19)7-5-13-45-31(41)25-27(39)21(35)15-23(37)29(25)47-33(43)34(44)48-30-24(38)16-22(36)28(40)26(30)32(42)46-14-6-8-18(2)20-11-4-12-20/h15-20H,3-14H2,1-2H3. The van der Waals surface area contributed by atoms with E-state index in [1.807, 2.05) is 0 Å². The van der Waals surface area contributed by atoms with Crippen LogP contribution in [-0.2, 0) is 19.1 Å². The molecule has 2 aliphatic rings. The number of hydrogen-bond donors (Lipinski definition) is 0. The molecule has 0 spiro atoms. The Kier molecular flexibility index (Phi) is 14.4. The van der Waals surface area contributed by atoms with Crippen LogP contribution >= 0.6 is 69.6 Å². The van der Waals surface area contributed by atoms with E-state index in [4.69, 9.17) is 88.6 Å². The van der Waals surface area contributed by atoms with E-state index in [9.17, 15) is 19.2 Å². The van der Waals surface area contributed by atoms with Crippen LogP contribution in [0.5, 0.6) is 11.5 Å². The van der Waals surface area contributed by atoms with Crippen molar-refractivity contribution < 1.29 is 38.1 Å². The Bertz CT molecular complexity index is 1420. The monoisotopic (exact) mass is 782 g/mol. The van der Waals surface area contributed by atoms with Gasteiger partial charge in [-0.2, -0.15) is 0 Å². The molecule has 2 aromatic rings. The summed E-state index contributed by atoms with van der Waals surface area (Å²) in [5, 5.41) is -1.44. The van der Waals surface area contributed by atoms with Crippen LogP contribution in [0.25, 0.3) is 0 Å². The van der Waals surface area contributed by atoms with Crippen molar-refractivity contribution in [1.29, 1.82) is 0 Å². The molecule has 2 unspecified atom stereocenters. The molecule has 2 atom stereocenters. The van der Waals surface area contributed by atoms with Gasteiger partial charge in [-0.15, -0.1) is 0 Å². The highest BCUT2D eigenvalue weighted by Crippen LogP contribution is 2.42. The number of hydrogen-bond acceptors (Lipinski definition) is 8. The lowest BCUT2D eigenvalue weighted by Crippen LogP contribution is -2.27. The van der Waals surface area contributed by atoms with Gasteiger partial charge in [0.25, 0.3) is 0 Å². The lowest BCUT2D eigenvalue weighted by Gasteiger charge is -2.31. The highest BCUT2D eigenvalue weighted by molar-refractivity contribution is 6.47. The third-order valence-corrected chi connectivity index (χ3v) is 11.3. The maximum Gasteiger partial charge on any atom is 0.423 e. The molecule has 48 heavy (non-hydrogen) atoms. The van der Waals surface area contributed by atoms with Crippen molar-refractivity contribution in [3.63, 3.8) is 0 Å². The van der Waals surface area contributed by atoms with Crippen LogP contribution < -0.4 is 9.47 Å². The maximum absolute atomic E-state index is 13.1. The summed E-state index contributed by atoms with van der Waals surface area (Å²) < 4.78 is 21.2. The zero-order valence-electron chi connectivity index (χ0n) is 26.5. The fraction of sp³-hybridized carbons (Fsp3) is 0.529. The molecule has 0 bridgehead atoms. The molecule has 0 heterocycles. The van der Waals surface area contributed by atoms with E-state index in [-0.39, 0.29) is 43.3 Å². The minimum Gasteiger partial charge on any atom is -0.462 e. The molecule has 2 aromatic carbocycles. The summed E-state index contributed by atoms with van der Waals surface area (Å²) >= 11 is 37.4. The van der Waals surface area contributed by atoms with E-state index in [0.29, 0.717) is 36.5 Å². The lowest BCUT2D eigenvalue weighted by molar-refractivity contribution is -0.156. The predicted octanol–water partition coefficient (Wildman–Crippen LogP) is 10.9. The zero-order chi connectivity index (χ0) is 35.1. The topological polar surface area (TPSA) is 105 Å². The van der Waals surface area contributed by atoms with Gasteiger partial charge in [0.2, 0.25) is 0 Å². The SMILES string of the molecule is CC(CCCOC(=O)c1c(Cl)c(Cl)cc(Cl)c1OC(=O)C(=O)Oc1c(Cl)cc(Cl)c(Cl)c1C(=O)OCCCC(C)C1CCC1)C1CCC1. The molecule has 2 fully saturated rings. The average molecular weight is 785 g/mol. The van der Waals surface area contributed by atoms with Crippen molar-refractivity contribution in [3.8, 4) is 11.5 Å². The van der Waals surface area contributed by atoms with Gasteiger partial charge in [0.15, 0.2) is 11.5 Å². The molecule has 0 aliphatic heterocycles. The summed E-state index contributed by atoms with van der Waals surface area (Å²) in [7, 11) is 0. The van der Waals surface area contributed by atoms with Crippen LogP contribution in [0.1, 0.15) is 98.8 Å². The predicted molar refractivity (Wildman–Crippen MR) is 186 cm³/mol. The Morgan fingerprint density at radius 2 is 0.979 bits per heavy atom. The first-order chi connectivity index (χ1) is 22.8. The number of rotatable bonds is 14. The second kappa shape index (κ2) is 17.8. The number of halogens is 6. The summed E-state index contributed by atoms with van der Waals surface area (Å²) in [6.45, 7) is 4.48. The van der Waals surface area contributed by atoms with Gasteiger partial charge in [0.1, 0.15) is 11.1 Å². The van der Waals surface area contributed by atoms with Crippen LogP contribution in [0, 0.1) is 23.7 Å². The summed E-state index contributed by atoms with van der Waals surface area (Å²) in [4.78, 5) is 52.1. The van der Waals surface area contributed by atoms with E-state index in [1.54, 1.807) is 0 Å². The molecule has 0 saturated heterocycles. The molecular formula is C34H36Cl6O8. The van der Waals surface area contributed by atoms with E-state index in [1.165, 1.54) is 38.5 Å². The second-order valence-electron chi connectivity index (χ2n) is 12.4. The largest absolute Gasteiger partial charge is 0.462 e. The number of carbonyl (C=O) groups excluding carboxylic acids is 4. The first kappa shape index (κ1) is 38.9. The van der Waals surface area contributed by atoms with Crippen LogP contribution in [0.15, 0.2) is 12.1 Å². The van der Waals surface area contributed by atoms with Crippen LogP contribution in [0.2, 0.25) is 30.1 Å². The van der Waals surface area contributed by atoms with Crippen molar-refractivity contribution in [2.45, 2.75) is 78.1 Å².